The lowest BCUT2D eigenvalue weighted by molar-refractivity contribution is -0.137. The van der Waals surface area contributed by atoms with Crippen LogP contribution in [0.15, 0.2) is 48.5 Å². The van der Waals surface area contributed by atoms with E-state index in [2.05, 4.69) is 0 Å². The maximum Gasteiger partial charge on any atom is 0.303 e. The van der Waals surface area contributed by atoms with Gasteiger partial charge >= 0.3 is 5.97 Å². The number of hydrogen-bond acceptors (Lipinski definition) is 4. The highest BCUT2D eigenvalue weighted by Gasteiger charge is 2.22. The second kappa shape index (κ2) is 11.0. The van der Waals surface area contributed by atoms with Crippen molar-refractivity contribution in [1.82, 2.24) is 0 Å². The SMILES string of the molecule is O=C(O)CCCCCCCCC(=O)N(c1ccccc1O)c1ccccc1O. The Bertz CT molecular complexity index is 745. The number of carbonyl (C=O) groups is 2. The molecule has 3 N–H and O–H groups in total. The Hall–Kier alpha value is -3.02. The Morgan fingerprint density at radius 2 is 1.11 bits per heavy atom. The summed E-state index contributed by atoms with van der Waals surface area (Å²) in [6, 6.07) is 13.1. The van der Waals surface area contributed by atoms with Gasteiger partial charge in [0.15, 0.2) is 0 Å². The molecule has 1 amide bonds. The van der Waals surface area contributed by atoms with E-state index in [0.717, 1.165) is 25.7 Å². The molecule has 0 spiro atoms. The fourth-order valence-electron chi connectivity index (χ4n) is 3.08. The molecule has 6 nitrogen and oxygen atoms in total. The Balaban J connectivity index is 1.95. The van der Waals surface area contributed by atoms with Crippen LogP contribution in [0.1, 0.15) is 51.4 Å². The van der Waals surface area contributed by atoms with Crippen LogP contribution < -0.4 is 4.90 Å². The number of amides is 1. The number of carboxylic acid groups (broad SMARTS) is 1. The van der Waals surface area contributed by atoms with E-state index in [0.29, 0.717) is 24.2 Å². The highest BCUT2D eigenvalue weighted by atomic mass is 16.4. The molecule has 0 heterocycles. The molecule has 0 aromatic heterocycles. The molecule has 6 heteroatoms. The van der Waals surface area contributed by atoms with E-state index < -0.39 is 5.97 Å². The fraction of sp³-hybridized carbons (Fsp3) is 0.364. The van der Waals surface area contributed by atoms with Crippen LogP contribution in [0.25, 0.3) is 0 Å². The molecule has 0 saturated heterocycles. The van der Waals surface area contributed by atoms with E-state index in [-0.39, 0.29) is 30.2 Å². The highest BCUT2D eigenvalue weighted by Crippen LogP contribution is 2.38. The summed E-state index contributed by atoms with van der Waals surface area (Å²) < 4.78 is 0. The van der Waals surface area contributed by atoms with Gasteiger partial charge in [0.05, 0.1) is 11.4 Å². The molecule has 2 aromatic carbocycles. The molecular formula is C22H27NO5. The zero-order valence-corrected chi connectivity index (χ0v) is 15.9. The summed E-state index contributed by atoms with van der Waals surface area (Å²) in [6.07, 6.45) is 5.50. The minimum absolute atomic E-state index is 0.0301. The number of rotatable bonds is 11. The lowest BCUT2D eigenvalue weighted by Crippen LogP contribution is -2.25. The topological polar surface area (TPSA) is 98.1 Å². The van der Waals surface area contributed by atoms with Crippen molar-refractivity contribution in [2.24, 2.45) is 0 Å². The Labute approximate surface area is 165 Å². The largest absolute Gasteiger partial charge is 0.506 e. The van der Waals surface area contributed by atoms with Crippen molar-refractivity contribution in [3.63, 3.8) is 0 Å². The van der Waals surface area contributed by atoms with Crippen molar-refractivity contribution in [2.45, 2.75) is 51.4 Å². The van der Waals surface area contributed by atoms with Crippen LogP contribution in [0.5, 0.6) is 11.5 Å². The number of anilines is 2. The molecule has 2 aromatic rings. The van der Waals surface area contributed by atoms with Gasteiger partial charge in [-0.2, -0.15) is 0 Å². The van der Waals surface area contributed by atoms with E-state index in [1.165, 1.54) is 17.0 Å². The van der Waals surface area contributed by atoms with E-state index in [4.69, 9.17) is 5.11 Å². The summed E-state index contributed by atoms with van der Waals surface area (Å²) in [5.41, 5.74) is 0.672. The van der Waals surface area contributed by atoms with Crippen molar-refractivity contribution >= 4 is 23.3 Å². The first kappa shape index (κ1) is 21.3. The smallest absolute Gasteiger partial charge is 0.303 e. The van der Waals surface area contributed by atoms with E-state index >= 15 is 0 Å². The van der Waals surface area contributed by atoms with Gasteiger partial charge in [0.1, 0.15) is 11.5 Å². The number of hydrogen-bond donors (Lipinski definition) is 3. The molecule has 0 aliphatic carbocycles. The number of carboxylic acids is 1. The van der Waals surface area contributed by atoms with Crippen LogP contribution in [0.4, 0.5) is 11.4 Å². The molecule has 0 saturated carbocycles. The molecule has 0 aliphatic rings. The molecule has 150 valence electrons. The Morgan fingerprint density at radius 1 is 0.679 bits per heavy atom. The van der Waals surface area contributed by atoms with Gasteiger partial charge in [0.25, 0.3) is 0 Å². The summed E-state index contributed by atoms with van der Waals surface area (Å²) in [7, 11) is 0. The van der Waals surface area contributed by atoms with Gasteiger partial charge in [-0.05, 0) is 37.1 Å². The number of benzene rings is 2. The van der Waals surface area contributed by atoms with Crippen LogP contribution in [0.2, 0.25) is 0 Å². The summed E-state index contributed by atoms with van der Waals surface area (Å²) >= 11 is 0. The van der Waals surface area contributed by atoms with Crippen molar-refractivity contribution in [2.75, 3.05) is 4.90 Å². The minimum Gasteiger partial charge on any atom is -0.506 e. The van der Waals surface area contributed by atoms with E-state index in [9.17, 15) is 19.8 Å². The summed E-state index contributed by atoms with van der Waals surface area (Å²) in [4.78, 5) is 24.7. The summed E-state index contributed by atoms with van der Waals surface area (Å²) in [5, 5.41) is 29.0. The quantitative estimate of drug-likeness (QED) is 0.475. The number of para-hydroxylation sites is 4. The van der Waals surface area contributed by atoms with Crippen molar-refractivity contribution in [1.29, 1.82) is 0 Å². The number of aliphatic carboxylic acids is 1. The average Bonchev–Trinajstić information content (AvgIpc) is 2.67. The van der Waals surface area contributed by atoms with Crippen LogP contribution in [0.3, 0.4) is 0 Å². The van der Waals surface area contributed by atoms with Gasteiger partial charge in [0.2, 0.25) is 5.91 Å². The standard InChI is InChI=1S/C22H27NO5/c24-19-13-9-7-11-17(19)23(18-12-8-10-14-20(18)25)21(26)15-5-3-1-2-4-6-16-22(27)28/h7-14,24-25H,1-6,15-16H2,(H,27,28). The summed E-state index contributed by atoms with van der Waals surface area (Å²) in [5.74, 6) is -1.03. The van der Waals surface area contributed by atoms with Gasteiger partial charge in [-0.1, -0.05) is 49.9 Å². The first-order chi connectivity index (χ1) is 13.5. The van der Waals surface area contributed by atoms with Crippen molar-refractivity contribution in [3.8, 4) is 11.5 Å². The predicted octanol–water partition coefficient (Wildman–Crippen LogP) is 4.97. The third-order valence-corrected chi connectivity index (χ3v) is 4.53. The monoisotopic (exact) mass is 385 g/mol. The number of phenolic OH excluding ortho intramolecular Hbond substituents is 2. The summed E-state index contributed by atoms with van der Waals surface area (Å²) in [6.45, 7) is 0. The zero-order valence-electron chi connectivity index (χ0n) is 15.9. The predicted molar refractivity (Wildman–Crippen MR) is 108 cm³/mol. The molecule has 0 atom stereocenters. The maximum absolute atomic E-state index is 12.9. The van der Waals surface area contributed by atoms with Gasteiger partial charge in [0, 0.05) is 12.8 Å². The number of aromatic hydroxyl groups is 2. The van der Waals surface area contributed by atoms with Crippen LogP contribution >= 0.6 is 0 Å². The number of unbranched alkanes of at least 4 members (excludes halogenated alkanes) is 5. The molecule has 2 rings (SSSR count). The molecule has 0 aliphatic heterocycles. The van der Waals surface area contributed by atoms with Crippen molar-refractivity contribution in [3.05, 3.63) is 48.5 Å². The van der Waals surface area contributed by atoms with Crippen LogP contribution in [-0.4, -0.2) is 27.2 Å². The molecule has 0 radical (unpaired) electrons. The lowest BCUT2D eigenvalue weighted by atomic mass is 10.1. The Morgan fingerprint density at radius 3 is 1.57 bits per heavy atom. The van der Waals surface area contributed by atoms with Crippen molar-refractivity contribution < 1.29 is 24.9 Å². The minimum atomic E-state index is -0.765. The third kappa shape index (κ3) is 6.30. The number of nitrogens with zero attached hydrogens (tertiary/aromatic N) is 1. The first-order valence-electron chi connectivity index (χ1n) is 9.61. The second-order valence-corrected chi connectivity index (χ2v) is 6.72. The number of phenols is 2. The highest BCUT2D eigenvalue weighted by molar-refractivity contribution is 6.02. The average molecular weight is 385 g/mol. The van der Waals surface area contributed by atoms with E-state index in [1.807, 2.05) is 0 Å². The van der Waals surface area contributed by atoms with Gasteiger partial charge in [-0.25, -0.2) is 0 Å². The second-order valence-electron chi connectivity index (χ2n) is 6.72. The normalized spacial score (nSPS) is 10.6. The van der Waals surface area contributed by atoms with Gasteiger partial charge < -0.3 is 15.3 Å². The van der Waals surface area contributed by atoms with Gasteiger partial charge in [-0.15, -0.1) is 0 Å². The molecular weight excluding hydrogens is 358 g/mol. The number of carbonyl (C=O) groups excluding carboxylic acids is 1. The Kier molecular flexibility index (Phi) is 8.34. The molecule has 0 unspecified atom stereocenters. The fourth-order valence-corrected chi connectivity index (χ4v) is 3.08. The third-order valence-electron chi connectivity index (χ3n) is 4.53. The molecule has 0 bridgehead atoms. The zero-order chi connectivity index (χ0) is 20.4. The van der Waals surface area contributed by atoms with E-state index in [1.54, 1.807) is 36.4 Å². The molecule has 0 fully saturated rings. The van der Waals surface area contributed by atoms with Crippen LogP contribution in [-0.2, 0) is 9.59 Å². The van der Waals surface area contributed by atoms with Gasteiger partial charge in [-0.3, -0.25) is 14.5 Å². The van der Waals surface area contributed by atoms with Crippen LogP contribution in [0, 0.1) is 0 Å². The maximum atomic E-state index is 12.9. The molecule has 28 heavy (non-hydrogen) atoms. The lowest BCUT2D eigenvalue weighted by Gasteiger charge is -2.24. The first-order valence-corrected chi connectivity index (χ1v) is 9.61.